The van der Waals surface area contributed by atoms with E-state index < -0.39 is 24.1 Å². The Kier molecular flexibility index (Phi) is 13.1. The average Bonchev–Trinajstić information content (AvgIpc) is 2.39. The third-order valence-corrected chi connectivity index (χ3v) is 1.61. The zero-order chi connectivity index (χ0) is 15.3. The van der Waals surface area contributed by atoms with E-state index in [1.807, 2.05) is 4.72 Å². The Labute approximate surface area is 115 Å². The van der Waals surface area contributed by atoms with Crippen molar-refractivity contribution in [3.63, 3.8) is 0 Å². The molecule has 3 N–H and O–H groups in total. The van der Waals surface area contributed by atoms with E-state index in [2.05, 4.69) is 28.9 Å². The van der Waals surface area contributed by atoms with Gasteiger partial charge in [-0.15, -0.1) is 0 Å². The van der Waals surface area contributed by atoms with E-state index in [1.165, 1.54) is 6.92 Å². The van der Waals surface area contributed by atoms with Gasteiger partial charge in [0, 0.05) is 19.1 Å². The summed E-state index contributed by atoms with van der Waals surface area (Å²) >= 11 is 3.43. The molecule has 0 saturated heterocycles. The Morgan fingerprint density at radius 3 is 2.37 bits per heavy atom. The van der Waals surface area contributed by atoms with Gasteiger partial charge in [0.05, 0.1) is 6.61 Å². The van der Waals surface area contributed by atoms with Crippen molar-refractivity contribution in [3.8, 4) is 0 Å². The topological polar surface area (TPSA) is 122 Å². The SMILES string of the molecule is C=CC(=O)O.CC(OC(=O)NS)C(=O)OCCCO. The highest BCUT2D eigenvalue weighted by molar-refractivity contribution is 7.78. The number of aliphatic carboxylic acids is 1. The molecule has 8 nitrogen and oxygen atoms in total. The van der Waals surface area contributed by atoms with Gasteiger partial charge in [-0.25, -0.2) is 14.4 Å². The fraction of sp³-hybridized carbons (Fsp3) is 0.500. The van der Waals surface area contributed by atoms with Crippen molar-refractivity contribution in [2.75, 3.05) is 13.2 Å². The Morgan fingerprint density at radius 1 is 1.47 bits per heavy atom. The average molecular weight is 295 g/mol. The summed E-state index contributed by atoms with van der Waals surface area (Å²) in [5.74, 6) is -1.64. The van der Waals surface area contributed by atoms with Crippen LogP contribution < -0.4 is 4.72 Å². The molecule has 0 heterocycles. The highest BCUT2D eigenvalue weighted by Crippen LogP contribution is 1.96. The lowest BCUT2D eigenvalue weighted by Gasteiger charge is -2.11. The number of nitrogens with one attached hydrogen (secondary N) is 1. The van der Waals surface area contributed by atoms with E-state index in [1.54, 1.807) is 0 Å². The number of rotatable bonds is 6. The zero-order valence-electron chi connectivity index (χ0n) is 10.4. The van der Waals surface area contributed by atoms with E-state index in [9.17, 15) is 14.4 Å². The van der Waals surface area contributed by atoms with Crippen LogP contribution in [-0.4, -0.2) is 47.6 Å². The molecule has 0 radical (unpaired) electrons. The fourth-order valence-electron chi connectivity index (χ4n) is 0.590. The molecule has 110 valence electrons. The molecular weight excluding hydrogens is 278 g/mol. The predicted octanol–water partition coefficient (Wildman–Crippen LogP) is 0.129. The standard InChI is InChI=1S/C7H13NO5S.C3H4O2/c1-5(13-7(11)8-14)6(10)12-4-2-3-9;1-2-3(4)5/h5,9,14H,2-4H2,1H3,(H,8,11);2H,1H2,(H,4,5). The van der Waals surface area contributed by atoms with Crippen molar-refractivity contribution in [3.05, 3.63) is 12.7 Å². The van der Waals surface area contributed by atoms with Crippen LogP contribution in [0, 0.1) is 0 Å². The highest BCUT2D eigenvalue weighted by Gasteiger charge is 2.18. The van der Waals surface area contributed by atoms with Crippen LogP contribution in [0.2, 0.25) is 0 Å². The molecule has 0 aromatic heterocycles. The van der Waals surface area contributed by atoms with Gasteiger partial charge in [0.25, 0.3) is 0 Å². The minimum Gasteiger partial charge on any atom is -0.478 e. The largest absolute Gasteiger partial charge is 0.478 e. The van der Waals surface area contributed by atoms with Gasteiger partial charge >= 0.3 is 18.0 Å². The molecule has 1 unspecified atom stereocenters. The first-order valence-electron chi connectivity index (χ1n) is 5.12. The second-order valence-electron chi connectivity index (χ2n) is 2.95. The summed E-state index contributed by atoms with van der Waals surface area (Å²) in [6.45, 7) is 4.39. The summed E-state index contributed by atoms with van der Waals surface area (Å²) < 4.78 is 11.1. The van der Waals surface area contributed by atoms with E-state index in [0.29, 0.717) is 6.42 Å². The van der Waals surface area contributed by atoms with E-state index in [0.717, 1.165) is 6.08 Å². The van der Waals surface area contributed by atoms with Crippen LogP contribution in [0.5, 0.6) is 0 Å². The zero-order valence-corrected chi connectivity index (χ0v) is 11.3. The number of hydrogen-bond acceptors (Lipinski definition) is 7. The predicted molar refractivity (Wildman–Crippen MR) is 68.6 cm³/mol. The number of carboxylic acids is 1. The number of carboxylic acid groups (broad SMARTS) is 1. The second kappa shape index (κ2) is 12.7. The van der Waals surface area contributed by atoms with Gasteiger partial charge < -0.3 is 19.7 Å². The first-order chi connectivity index (χ1) is 8.88. The third-order valence-electron chi connectivity index (χ3n) is 1.43. The van der Waals surface area contributed by atoms with Crippen molar-refractivity contribution in [2.24, 2.45) is 0 Å². The number of carbonyl (C=O) groups excluding carboxylic acids is 2. The summed E-state index contributed by atoms with van der Waals surface area (Å²) in [6.07, 6.45) is -0.613. The molecule has 0 aromatic rings. The molecule has 0 aliphatic heterocycles. The van der Waals surface area contributed by atoms with Gasteiger partial charge in [0.1, 0.15) is 0 Å². The summed E-state index contributed by atoms with van der Waals surface area (Å²) in [4.78, 5) is 30.9. The van der Waals surface area contributed by atoms with Crippen LogP contribution >= 0.6 is 12.8 Å². The molecule has 0 fully saturated rings. The lowest BCUT2D eigenvalue weighted by Crippen LogP contribution is -2.29. The van der Waals surface area contributed by atoms with E-state index >= 15 is 0 Å². The van der Waals surface area contributed by atoms with Crippen molar-refractivity contribution >= 4 is 30.8 Å². The van der Waals surface area contributed by atoms with Crippen molar-refractivity contribution in [1.29, 1.82) is 0 Å². The molecule has 0 aliphatic rings. The minimum absolute atomic E-state index is 0.0559. The quantitative estimate of drug-likeness (QED) is 0.238. The number of esters is 1. The Morgan fingerprint density at radius 2 is 2.00 bits per heavy atom. The number of aliphatic hydroxyl groups is 1. The van der Waals surface area contributed by atoms with Crippen LogP contribution in [0.4, 0.5) is 4.79 Å². The molecule has 0 aliphatic carbocycles. The van der Waals surface area contributed by atoms with Gasteiger partial charge in [0.15, 0.2) is 6.10 Å². The Balaban J connectivity index is 0. The first kappa shape index (κ1) is 19.6. The third kappa shape index (κ3) is 14.2. The monoisotopic (exact) mass is 295 g/mol. The Hall–Kier alpha value is -1.74. The lowest BCUT2D eigenvalue weighted by molar-refractivity contribution is -0.152. The van der Waals surface area contributed by atoms with Gasteiger partial charge in [0.2, 0.25) is 0 Å². The molecule has 0 aromatic carbocycles. The molecule has 0 bridgehead atoms. The van der Waals surface area contributed by atoms with Gasteiger partial charge in [-0.05, 0) is 6.92 Å². The number of aliphatic hydroxyl groups excluding tert-OH is 1. The molecule has 1 amide bonds. The molecule has 9 heteroatoms. The van der Waals surface area contributed by atoms with Crippen LogP contribution in [0.3, 0.4) is 0 Å². The molecule has 0 rings (SSSR count). The molecular formula is C10H17NO7S. The normalized spacial score (nSPS) is 10.3. The summed E-state index contributed by atoms with van der Waals surface area (Å²) in [5.41, 5.74) is 0. The second-order valence-corrected chi connectivity index (χ2v) is 3.17. The molecule has 0 spiro atoms. The summed E-state index contributed by atoms with van der Waals surface area (Å²) in [5, 5.41) is 16.0. The van der Waals surface area contributed by atoms with Gasteiger partial charge in [-0.1, -0.05) is 19.4 Å². The molecule has 0 saturated carbocycles. The van der Waals surface area contributed by atoms with Crippen molar-refractivity contribution < 1.29 is 34.1 Å². The number of thiol groups is 1. The van der Waals surface area contributed by atoms with Gasteiger partial charge in [-0.2, -0.15) is 0 Å². The lowest BCUT2D eigenvalue weighted by atomic mass is 10.4. The number of amides is 1. The van der Waals surface area contributed by atoms with Crippen LogP contribution in [0.15, 0.2) is 12.7 Å². The van der Waals surface area contributed by atoms with Crippen LogP contribution in [0.25, 0.3) is 0 Å². The number of hydrogen-bond donors (Lipinski definition) is 4. The van der Waals surface area contributed by atoms with Crippen molar-refractivity contribution in [2.45, 2.75) is 19.4 Å². The maximum absolute atomic E-state index is 11.0. The minimum atomic E-state index is -0.985. The van der Waals surface area contributed by atoms with E-state index in [-0.39, 0.29) is 13.2 Å². The summed E-state index contributed by atoms with van der Waals surface area (Å²) in [7, 11) is 0. The molecule has 19 heavy (non-hydrogen) atoms. The fourth-order valence-corrected chi connectivity index (χ4v) is 0.642. The summed E-state index contributed by atoms with van der Waals surface area (Å²) in [6, 6.07) is 0. The van der Waals surface area contributed by atoms with Gasteiger partial charge in [-0.3, -0.25) is 4.72 Å². The van der Waals surface area contributed by atoms with Crippen molar-refractivity contribution in [1.82, 2.24) is 4.72 Å². The maximum atomic E-state index is 11.0. The van der Waals surface area contributed by atoms with Crippen LogP contribution in [-0.2, 0) is 19.1 Å². The first-order valence-corrected chi connectivity index (χ1v) is 5.57. The van der Waals surface area contributed by atoms with Crippen LogP contribution in [0.1, 0.15) is 13.3 Å². The highest BCUT2D eigenvalue weighted by atomic mass is 32.1. The van der Waals surface area contributed by atoms with E-state index in [4.69, 9.17) is 10.2 Å². The Bertz CT molecular complexity index is 308. The smallest absolute Gasteiger partial charge is 0.417 e. The maximum Gasteiger partial charge on any atom is 0.417 e. The number of ether oxygens (including phenoxy) is 2. The number of carbonyl (C=O) groups is 3. The molecule has 1 atom stereocenters.